The van der Waals surface area contributed by atoms with E-state index in [-0.39, 0.29) is 11.4 Å². The third-order valence-corrected chi connectivity index (χ3v) is 2.05. The topological polar surface area (TPSA) is 96.9 Å². The molecule has 0 atom stereocenters. The molecule has 7 nitrogen and oxygen atoms in total. The van der Waals surface area contributed by atoms with E-state index in [1.165, 1.54) is 12.1 Å². The van der Waals surface area contributed by atoms with Crippen LogP contribution in [0.4, 0.5) is 16.2 Å². The lowest BCUT2D eigenvalue weighted by Gasteiger charge is -2.09. The average molecular weight is 261 g/mol. The monoisotopic (exact) mass is 261 g/mol. The first-order valence-corrected chi connectivity index (χ1v) is 5.16. The summed E-state index contributed by atoms with van der Waals surface area (Å²) in [6, 6.07) is 4.14. The van der Waals surface area contributed by atoms with Gasteiger partial charge in [-0.25, -0.2) is 14.4 Å². The van der Waals surface area contributed by atoms with E-state index in [9.17, 15) is 14.4 Å². The van der Waals surface area contributed by atoms with Crippen LogP contribution in [0.2, 0.25) is 0 Å². The zero-order chi connectivity index (χ0) is 14.3. The second kappa shape index (κ2) is 6.73. The van der Waals surface area contributed by atoms with E-state index in [1.54, 1.807) is 19.1 Å². The predicted molar refractivity (Wildman–Crippen MR) is 67.4 cm³/mol. The molecule has 2 N–H and O–H groups in total. The van der Waals surface area contributed by atoms with Crippen molar-refractivity contribution in [2.75, 3.05) is 5.32 Å². The second-order valence-corrected chi connectivity index (χ2v) is 3.36. The summed E-state index contributed by atoms with van der Waals surface area (Å²) in [5.74, 6) is -0.800. The van der Waals surface area contributed by atoms with Crippen LogP contribution in [0.1, 0.15) is 5.56 Å². The molecule has 1 aromatic rings. The summed E-state index contributed by atoms with van der Waals surface area (Å²) in [7, 11) is 0. The molecule has 0 aliphatic carbocycles. The van der Waals surface area contributed by atoms with E-state index in [0.29, 0.717) is 5.56 Å². The lowest BCUT2D eigenvalue weighted by molar-refractivity contribution is -0.142. The van der Waals surface area contributed by atoms with Gasteiger partial charge in [0.25, 0.3) is 0 Å². The molecule has 0 saturated carbocycles. The number of benzene rings is 1. The minimum atomic E-state index is -0.800. The Morgan fingerprint density at radius 1 is 1.47 bits per heavy atom. The van der Waals surface area contributed by atoms with Gasteiger partial charge in [-0.1, -0.05) is 18.7 Å². The number of hydrogen-bond acceptors (Lipinski definition) is 5. The number of anilines is 1. The van der Waals surface area contributed by atoms with Crippen molar-refractivity contribution in [1.29, 1.82) is 0 Å². The molecule has 2 amide bonds. The number of hydrogen-bond donors (Lipinski definition) is 2. The molecular formula is C12H11N3O4. The van der Waals surface area contributed by atoms with E-state index in [1.807, 2.05) is 5.48 Å². The number of aryl methyl sites for hydroxylation is 1. The number of amides is 2. The highest BCUT2D eigenvalue weighted by Gasteiger charge is 2.09. The lowest BCUT2D eigenvalue weighted by atomic mass is 10.2. The summed E-state index contributed by atoms with van der Waals surface area (Å²) in [6.07, 6.45) is 2.30. The Hall–Kier alpha value is -2.92. The number of nitrogens with one attached hydrogen (secondary N) is 2. The first kappa shape index (κ1) is 14.1. The summed E-state index contributed by atoms with van der Waals surface area (Å²) < 4.78 is 0. The molecule has 0 aliphatic rings. The minimum absolute atomic E-state index is 0.280. The number of urea groups is 1. The summed E-state index contributed by atoms with van der Waals surface area (Å²) in [4.78, 5) is 40.3. The molecule has 0 aliphatic heterocycles. The zero-order valence-corrected chi connectivity index (χ0v) is 10.1. The third-order valence-electron chi connectivity index (χ3n) is 2.05. The van der Waals surface area contributed by atoms with Gasteiger partial charge in [0.2, 0.25) is 6.08 Å². The van der Waals surface area contributed by atoms with Gasteiger partial charge in [-0.05, 0) is 18.6 Å². The molecule has 7 heteroatoms. The maximum absolute atomic E-state index is 11.4. The zero-order valence-electron chi connectivity index (χ0n) is 10.1. The van der Waals surface area contributed by atoms with Crippen molar-refractivity contribution in [3.63, 3.8) is 0 Å². The van der Waals surface area contributed by atoms with Crippen molar-refractivity contribution >= 4 is 29.5 Å². The highest BCUT2D eigenvalue weighted by molar-refractivity contribution is 5.93. The molecule has 0 unspecified atom stereocenters. The van der Waals surface area contributed by atoms with Crippen molar-refractivity contribution in [3.05, 3.63) is 36.4 Å². The summed E-state index contributed by atoms with van der Waals surface area (Å²) in [5, 5.41) is 2.38. The highest BCUT2D eigenvalue weighted by atomic mass is 16.7. The van der Waals surface area contributed by atoms with Crippen molar-refractivity contribution < 1.29 is 19.2 Å². The van der Waals surface area contributed by atoms with E-state index < -0.39 is 12.0 Å². The maximum atomic E-state index is 11.4. The standard InChI is InChI=1S/C12H11N3O4/c1-3-10(17)19-15-12(18)14-9-6-4-5-8(2)11(9)13-7-16/h3-6H,1H2,2H3,(H2,14,15,18). The van der Waals surface area contributed by atoms with Crippen LogP contribution in [0.3, 0.4) is 0 Å². The van der Waals surface area contributed by atoms with Crippen molar-refractivity contribution in [2.24, 2.45) is 4.99 Å². The number of aliphatic imine (C=N–C) groups is 1. The molecule has 1 aromatic carbocycles. The molecule has 0 saturated heterocycles. The predicted octanol–water partition coefficient (Wildman–Crippen LogP) is 1.73. The molecule has 0 spiro atoms. The van der Waals surface area contributed by atoms with Gasteiger partial charge in [-0.15, -0.1) is 0 Å². The molecule has 98 valence electrons. The van der Waals surface area contributed by atoms with Crippen LogP contribution in [0.15, 0.2) is 35.8 Å². The number of carbonyl (C=O) groups is 2. The number of para-hydroxylation sites is 1. The van der Waals surface area contributed by atoms with Gasteiger partial charge < -0.3 is 10.2 Å². The van der Waals surface area contributed by atoms with Gasteiger partial charge in [-0.2, -0.15) is 10.5 Å². The average Bonchev–Trinajstić information content (AvgIpc) is 2.40. The number of carbonyl (C=O) groups excluding carboxylic acids is 3. The first-order valence-electron chi connectivity index (χ1n) is 5.16. The van der Waals surface area contributed by atoms with Crippen molar-refractivity contribution in [1.82, 2.24) is 5.48 Å². The van der Waals surface area contributed by atoms with Crippen LogP contribution >= 0.6 is 0 Å². The number of nitrogens with zero attached hydrogens (tertiary/aromatic N) is 1. The quantitative estimate of drug-likeness (QED) is 0.374. The molecule has 0 heterocycles. The first-order chi connectivity index (χ1) is 9.08. The molecule has 1 rings (SSSR count). The van der Waals surface area contributed by atoms with Crippen LogP contribution in [0, 0.1) is 6.92 Å². The lowest BCUT2D eigenvalue weighted by Crippen LogP contribution is -2.30. The van der Waals surface area contributed by atoms with Gasteiger partial charge in [0.05, 0.1) is 5.69 Å². The fraction of sp³-hybridized carbons (Fsp3) is 0.0833. The largest absolute Gasteiger partial charge is 0.355 e. The fourth-order valence-corrected chi connectivity index (χ4v) is 1.24. The van der Waals surface area contributed by atoms with Gasteiger partial charge in [0, 0.05) is 6.08 Å². The normalized spacial score (nSPS) is 8.89. The van der Waals surface area contributed by atoms with Crippen LogP contribution in [0.25, 0.3) is 0 Å². The van der Waals surface area contributed by atoms with Crippen LogP contribution in [-0.4, -0.2) is 18.1 Å². The van der Waals surface area contributed by atoms with E-state index >= 15 is 0 Å². The SMILES string of the molecule is C=CC(=O)ONC(=O)Nc1cccc(C)c1N=C=O. The van der Waals surface area contributed by atoms with Gasteiger partial charge in [-0.3, -0.25) is 0 Å². The van der Waals surface area contributed by atoms with E-state index in [4.69, 9.17) is 0 Å². The molecule has 0 fully saturated rings. The summed E-state index contributed by atoms with van der Waals surface area (Å²) in [5.41, 5.74) is 3.11. The molecule has 19 heavy (non-hydrogen) atoms. The van der Waals surface area contributed by atoms with Crippen LogP contribution in [0.5, 0.6) is 0 Å². The number of hydroxylamine groups is 1. The Balaban J connectivity index is 2.79. The molecule has 0 bridgehead atoms. The van der Waals surface area contributed by atoms with Crippen LogP contribution < -0.4 is 10.8 Å². The third kappa shape index (κ3) is 4.10. The number of rotatable bonds is 3. The fourth-order valence-electron chi connectivity index (χ4n) is 1.24. The van der Waals surface area contributed by atoms with Crippen molar-refractivity contribution in [2.45, 2.75) is 6.92 Å². The van der Waals surface area contributed by atoms with Gasteiger partial charge in [0.15, 0.2) is 0 Å². The summed E-state index contributed by atoms with van der Waals surface area (Å²) in [6.45, 7) is 4.89. The Morgan fingerprint density at radius 2 is 2.21 bits per heavy atom. The molecule has 0 aromatic heterocycles. The van der Waals surface area contributed by atoms with Crippen LogP contribution in [-0.2, 0) is 14.4 Å². The molecule has 0 radical (unpaired) electrons. The smallest absolute Gasteiger partial charge is 0.335 e. The van der Waals surface area contributed by atoms with E-state index in [0.717, 1.165) is 6.08 Å². The molecular weight excluding hydrogens is 250 g/mol. The number of isocyanates is 1. The van der Waals surface area contributed by atoms with Gasteiger partial charge >= 0.3 is 12.0 Å². The Morgan fingerprint density at radius 3 is 2.84 bits per heavy atom. The Labute approximate surface area is 108 Å². The van der Waals surface area contributed by atoms with Gasteiger partial charge in [0.1, 0.15) is 5.69 Å². The maximum Gasteiger partial charge on any atom is 0.355 e. The minimum Gasteiger partial charge on any atom is -0.335 e. The Bertz CT molecular complexity index is 562. The summed E-state index contributed by atoms with van der Waals surface area (Å²) >= 11 is 0. The van der Waals surface area contributed by atoms with E-state index in [2.05, 4.69) is 21.7 Å². The highest BCUT2D eigenvalue weighted by Crippen LogP contribution is 2.28. The van der Waals surface area contributed by atoms with Crippen molar-refractivity contribution in [3.8, 4) is 0 Å². The second-order valence-electron chi connectivity index (χ2n) is 3.36. The Kier molecular flexibility index (Phi) is 5.01.